The number of nitrogens with one attached hydrogen (secondary N) is 3. The SMILES string of the molecule is CC1CCC2(CC1)NC(=O)N(NC(=O)c1ccc(S(=O)(=O)Nc3ccccc3F)cc1)C2=O. The summed E-state index contributed by atoms with van der Waals surface area (Å²) in [7, 11) is -4.09. The monoisotopic (exact) mass is 474 g/mol. The Bertz CT molecular complexity index is 1210. The molecule has 174 valence electrons. The molecule has 0 atom stereocenters. The molecule has 0 radical (unpaired) electrons. The number of rotatable bonds is 5. The fraction of sp³-hybridized carbons (Fsp3) is 0.318. The summed E-state index contributed by atoms with van der Waals surface area (Å²) in [5, 5.41) is 3.39. The number of sulfonamides is 1. The molecule has 1 aliphatic carbocycles. The second-order valence-corrected chi connectivity index (χ2v) is 10.1. The van der Waals surface area contributed by atoms with E-state index < -0.39 is 39.2 Å². The number of hydrogen-bond acceptors (Lipinski definition) is 5. The molecule has 0 aromatic heterocycles. The Morgan fingerprint density at radius 3 is 2.36 bits per heavy atom. The summed E-state index contributed by atoms with van der Waals surface area (Å²) < 4.78 is 40.9. The fourth-order valence-electron chi connectivity index (χ4n) is 4.01. The van der Waals surface area contributed by atoms with Crippen LogP contribution in [0.15, 0.2) is 53.4 Å². The molecule has 4 amide bonds. The highest BCUT2D eigenvalue weighted by atomic mass is 32.2. The number of amides is 4. The summed E-state index contributed by atoms with van der Waals surface area (Å²) >= 11 is 0. The summed E-state index contributed by atoms with van der Waals surface area (Å²) in [4.78, 5) is 37.6. The van der Waals surface area contributed by atoms with Gasteiger partial charge in [-0.3, -0.25) is 19.7 Å². The molecule has 1 heterocycles. The minimum Gasteiger partial charge on any atom is -0.322 e. The molecule has 2 aliphatic rings. The van der Waals surface area contributed by atoms with Crippen molar-refractivity contribution < 1.29 is 27.2 Å². The quantitative estimate of drug-likeness (QED) is 0.575. The lowest BCUT2D eigenvalue weighted by Crippen LogP contribution is -2.51. The van der Waals surface area contributed by atoms with Crippen molar-refractivity contribution in [1.29, 1.82) is 0 Å². The zero-order valence-electron chi connectivity index (χ0n) is 17.8. The summed E-state index contributed by atoms with van der Waals surface area (Å²) in [5.41, 5.74) is 1.14. The van der Waals surface area contributed by atoms with Crippen molar-refractivity contribution in [1.82, 2.24) is 15.8 Å². The van der Waals surface area contributed by atoms with Gasteiger partial charge in [-0.05, 0) is 68.0 Å². The van der Waals surface area contributed by atoms with E-state index in [1.165, 1.54) is 42.5 Å². The number of imide groups is 1. The third kappa shape index (κ3) is 4.40. The van der Waals surface area contributed by atoms with Gasteiger partial charge < -0.3 is 5.32 Å². The number of hydrazine groups is 1. The van der Waals surface area contributed by atoms with E-state index in [0.717, 1.165) is 18.9 Å². The van der Waals surface area contributed by atoms with Crippen molar-refractivity contribution in [2.75, 3.05) is 4.72 Å². The maximum Gasteiger partial charge on any atom is 0.344 e. The van der Waals surface area contributed by atoms with E-state index >= 15 is 0 Å². The Hall–Kier alpha value is -3.47. The first-order valence-corrected chi connectivity index (χ1v) is 11.9. The number of urea groups is 1. The van der Waals surface area contributed by atoms with E-state index in [9.17, 15) is 27.2 Å². The van der Waals surface area contributed by atoms with Crippen LogP contribution >= 0.6 is 0 Å². The Balaban J connectivity index is 1.45. The van der Waals surface area contributed by atoms with Crippen LogP contribution in [0.4, 0.5) is 14.9 Å². The number of halogens is 1. The Labute approximate surface area is 190 Å². The number of carbonyl (C=O) groups excluding carboxylic acids is 3. The minimum absolute atomic E-state index is 0.0404. The van der Waals surface area contributed by atoms with Gasteiger partial charge in [0.15, 0.2) is 0 Å². The highest BCUT2D eigenvalue weighted by Crippen LogP contribution is 2.35. The number of hydrogen-bond donors (Lipinski definition) is 3. The minimum atomic E-state index is -4.09. The van der Waals surface area contributed by atoms with Gasteiger partial charge in [-0.1, -0.05) is 19.1 Å². The average molecular weight is 475 g/mol. The first-order valence-electron chi connectivity index (χ1n) is 10.5. The molecule has 4 rings (SSSR count). The van der Waals surface area contributed by atoms with Gasteiger partial charge in [-0.15, -0.1) is 0 Å². The summed E-state index contributed by atoms with van der Waals surface area (Å²) in [6.07, 6.45) is 2.61. The van der Waals surface area contributed by atoms with E-state index in [-0.39, 0.29) is 16.1 Å². The molecule has 1 spiro atoms. The van der Waals surface area contributed by atoms with E-state index in [2.05, 4.69) is 22.4 Å². The van der Waals surface area contributed by atoms with Crippen molar-refractivity contribution in [2.24, 2.45) is 5.92 Å². The van der Waals surface area contributed by atoms with Gasteiger partial charge in [0, 0.05) is 5.56 Å². The topological polar surface area (TPSA) is 125 Å². The van der Waals surface area contributed by atoms with Crippen LogP contribution in [-0.2, 0) is 14.8 Å². The fourth-order valence-corrected chi connectivity index (χ4v) is 5.08. The molecule has 2 aromatic rings. The molecule has 33 heavy (non-hydrogen) atoms. The number of nitrogens with zero attached hydrogens (tertiary/aromatic N) is 1. The van der Waals surface area contributed by atoms with Crippen LogP contribution in [0.3, 0.4) is 0 Å². The molecule has 11 heteroatoms. The van der Waals surface area contributed by atoms with Crippen LogP contribution in [0.2, 0.25) is 0 Å². The molecule has 0 unspecified atom stereocenters. The molecule has 0 bridgehead atoms. The molecular formula is C22H23FN4O5S. The largest absolute Gasteiger partial charge is 0.344 e. The molecule has 2 fully saturated rings. The molecule has 9 nitrogen and oxygen atoms in total. The van der Waals surface area contributed by atoms with Crippen molar-refractivity contribution in [3.63, 3.8) is 0 Å². The number of anilines is 1. The Morgan fingerprint density at radius 1 is 1.09 bits per heavy atom. The first kappa shape index (κ1) is 22.7. The highest BCUT2D eigenvalue weighted by molar-refractivity contribution is 7.92. The van der Waals surface area contributed by atoms with Gasteiger partial charge in [0.2, 0.25) is 0 Å². The van der Waals surface area contributed by atoms with Crippen LogP contribution in [0.1, 0.15) is 43.0 Å². The van der Waals surface area contributed by atoms with Crippen molar-refractivity contribution >= 4 is 33.6 Å². The van der Waals surface area contributed by atoms with E-state index in [1.54, 1.807) is 0 Å². The zero-order chi connectivity index (χ0) is 23.8. The third-order valence-electron chi connectivity index (χ3n) is 6.05. The van der Waals surface area contributed by atoms with E-state index in [1.807, 2.05) is 0 Å². The summed E-state index contributed by atoms with van der Waals surface area (Å²) in [6.45, 7) is 2.09. The van der Waals surface area contributed by atoms with Crippen LogP contribution in [-0.4, -0.2) is 36.8 Å². The van der Waals surface area contributed by atoms with E-state index in [0.29, 0.717) is 23.8 Å². The first-order chi connectivity index (χ1) is 15.6. The maximum atomic E-state index is 13.8. The average Bonchev–Trinajstić information content (AvgIpc) is 3.01. The molecule has 3 N–H and O–H groups in total. The van der Waals surface area contributed by atoms with Crippen molar-refractivity contribution in [2.45, 2.75) is 43.0 Å². The van der Waals surface area contributed by atoms with Crippen LogP contribution in [0.5, 0.6) is 0 Å². The Morgan fingerprint density at radius 2 is 1.73 bits per heavy atom. The Kier molecular flexibility index (Phi) is 5.83. The van der Waals surface area contributed by atoms with Crippen LogP contribution < -0.4 is 15.5 Å². The molecule has 2 aromatic carbocycles. The number of para-hydroxylation sites is 1. The van der Waals surface area contributed by atoms with Crippen LogP contribution in [0, 0.1) is 11.7 Å². The smallest absolute Gasteiger partial charge is 0.322 e. The maximum absolute atomic E-state index is 13.8. The van der Waals surface area contributed by atoms with Gasteiger partial charge >= 0.3 is 6.03 Å². The third-order valence-corrected chi connectivity index (χ3v) is 7.43. The molecule has 1 aliphatic heterocycles. The van der Waals surface area contributed by atoms with Crippen molar-refractivity contribution in [3.05, 3.63) is 59.9 Å². The summed E-state index contributed by atoms with van der Waals surface area (Å²) in [5.74, 6) is -1.51. The van der Waals surface area contributed by atoms with Gasteiger partial charge in [-0.25, -0.2) is 17.6 Å². The van der Waals surface area contributed by atoms with Crippen molar-refractivity contribution in [3.8, 4) is 0 Å². The van der Waals surface area contributed by atoms with Crippen LogP contribution in [0.25, 0.3) is 0 Å². The van der Waals surface area contributed by atoms with Gasteiger partial charge in [0.25, 0.3) is 21.8 Å². The second kappa shape index (κ2) is 8.47. The van der Waals surface area contributed by atoms with Gasteiger partial charge in [-0.2, -0.15) is 5.01 Å². The second-order valence-electron chi connectivity index (χ2n) is 8.39. The molecule has 1 saturated heterocycles. The predicted octanol–water partition coefficient (Wildman–Crippen LogP) is 2.77. The zero-order valence-corrected chi connectivity index (χ0v) is 18.6. The van der Waals surface area contributed by atoms with Gasteiger partial charge in [0.1, 0.15) is 11.4 Å². The standard InChI is InChI=1S/C22H23FN4O5S/c1-14-10-12-22(13-11-14)20(29)27(21(30)24-22)25-19(28)15-6-8-16(9-7-15)33(31,32)26-18-5-3-2-4-17(18)23/h2-9,14,26H,10-13H2,1H3,(H,24,30)(H,25,28). The lowest BCUT2D eigenvalue weighted by molar-refractivity contribution is -0.134. The summed E-state index contributed by atoms with van der Waals surface area (Å²) in [6, 6.07) is 9.46. The predicted molar refractivity (Wildman–Crippen MR) is 117 cm³/mol. The molecular weight excluding hydrogens is 451 g/mol. The normalized spacial score (nSPS) is 22.8. The number of carbonyl (C=O) groups is 3. The number of benzene rings is 2. The van der Waals surface area contributed by atoms with Gasteiger partial charge in [0.05, 0.1) is 10.6 Å². The lowest BCUT2D eigenvalue weighted by atomic mass is 9.77. The highest BCUT2D eigenvalue weighted by Gasteiger charge is 2.52. The van der Waals surface area contributed by atoms with E-state index in [4.69, 9.17) is 0 Å². The molecule has 1 saturated carbocycles. The lowest BCUT2D eigenvalue weighted by Gasteiger charge is -2.33.